The second-order valence-electron chi connectivity index (χ2n) is 8.27. The van der Waals surface area contributed by atoms with E-state index in [4.69, 9.17) is 9.47 Å². The summed E-state index contributed by atoms with van der Waals surface area (Å²) >= 11 is 0. The minimum Gasteiger partial charge on any atom is -0.378 e. The summed E-state index contributed by atoms with van der Waals surface area (Å²) in [4.78, 5) is 0. The zero-order valence-corrected chi connectivity index (χ0v) is 15.2. The van der Waals surface area contributed by atoms with Gasteiger partial charge in [-0.15, -0.1) is 0 Å². The van der Waals surface area contributed by atoms with E-state index >= 15 is 0 Å². The molecule has 3 aliphatic heterocycles. The summed E-state index contributed by atoms with van der Waals surface area (Å²) in [5, 5.41) is 2.43. The van der Waals surface area contributed by atoms with Crippen LogP contribution in [0.2, 0.25) is 0 Å². The predicted octanol–water partition coefficient (Wildman–Crippen LogP) is 1.04. The Morgan fingerprint density at radius 2 is 1.83 bits per heavy atom. The number of nitrogens with one attached hydrogen (secondary N) is 3. The molecule has 24 heavy (non-hydrogen) atoms. The van der Waals surface area contributed by atoms with Crippen LogP contribution in [0.1, 0.15) is 46.0 Å². The van der Waals surface area contributed by atoms with Crippen LogP contribution in [0.25, 0.3) is 0 Å². The van der Waals surface area contributed by atoms with Crippen molar-refractivity contribution in [1.29, 1.82) is 0 Å². The molecule has 0 aromatic carbocycles. The quantitative estimate of drug-likeness (QED) is 0.614. The second kappa shape index (κ2) is 7.56. The van der Waals surface area contributed by atoms with Crippen LogP contribution in [-0.2, 0) is 9.47 Å². The fourth-order valence-corrected chi connectivity index (χ4v) is 4.94. The van der Waals surface area contributed by atoms with Gasteiger partial charge in [-0.1, -0.05) is 0 Å². The van der Waals surface area contributed by atoms with Gasteiger partial charge >= 0.3 is 0 Å². The van der Waals surface area contributed by atoms with Gasteiger partial charge in [-0.3, -0.25) is 16.3 Å². The van der Waals surface area contributed by atoms with Crippen LogP contribution in [0.3, 0.4) is 0 Å². The first kappa shape index (κ1) is 17.2. The number of fused-ring (bicyclic) bond motifs is 4. The van der Waals surface area contributed by atoms with Gasteiger partial charge in [0.05, 0.1) is 12.2 Å². The maximum Gasteiger partial charge on any atom is 0.0579 e. The summed E-state index contributed by atoms with van der Waals surface area (Å²) in [6.07, 6.45) is 6.41. The molecule has 0 amide bonds. The molecule has 8 atom stereocenters. The van der Waals surface area contributed by atoms with Crippen molar-refractivity contribution in [1.82, 2.24) is 21.3 Å². The Kier molecular flexibility index (Phi) is 5.41. The molecule has 1 aliphatic carbocycles. The monoisotopic (exact) mass is 338 g/mol. The molecule has 4 aliphatic rings. The lowest BCUT2D eigenvalue weighted by Gasteiger charge is -2.34. The zero-order valence-electron chi connectivity index (χ0n) is 15.2. The highest BCUT2D eigenvalue weighted by molar-refractivity contribution is 5.00. The summed E-state index contributed by atoms with van der Waals surface area (Å²) in [6.45, 7) is 8.36. The van der Waals surface area contributed by atoms with Crippen LogP contribution in [-0.4, -0.2) is 61.6 Å². The lowest BCUT2D eigenvalue weighted by Crippen LogP contribution is -2.42. The Hall–Kier alpha value is -0.240. The molecule has 0 radical (unpaired) electrons. The number of hydrogen-bond acceptors (Lipinski definition) is 6. The summed E-state index contributed by atoms with van der Waals surface area (Å²) in [7, 11) is 0. The molecule has 3 N–H and O–H groups in total. The minimum absolute atomic E-state index is 0.292. The van der Waals surface area contributed by atoms with Crippen molar-refractivity contribution >= 4 is 0 Å². The highest BCUT2D eigenvalue weighted by atomic mass is 16.5. The van der Waals surface area contributed by atoms with E-state index in [1.165, 1.54) is 19.3 Å². The summed E-state index contributed by atoms with van der Waals surface area (Å²) in [6, 6.07) is 1.71. The number of ether oxygens (including phenoxy) is 2. The standard InChI is InChI=1S/C18H34N4O2/c1-12-5-7-23-13(2)6-8-24-15-3-4-17-16(9-15)18(21-20-17)14-10-19-22(12)11-14/h12-21H,3-11H2,1-2H3/t12-,13+,14?,15?,16?,17?,18?/m1/s1. The first-order valence-electron chi connectivity index (χ1n) is 9.95. The Bertz CT molecular complexity index is 424. The molecule has 0 aromatic heterocycles. The Morgan fingerprint density at radius 1 is 0.958 bits per heavy atom. The predicted molar refractivity (Wildman–Crippen MR) is 93.2 cm³/mol. The summed E-state index contributed by atoms with van der Waals surface area (Å²) in [5.41, 5.74) is 10.8. The molecule has 6 heteroatoms. The van der Waals surface area contributed by atoms with Crippen molar-refractivity contribution in [3.8, 4) is 0 Å². The van der Waals surface area contributed by atoms with Crippen LogP contribution >= 0.6 is 0 Å². The van der Waals surface area contributed by atoms with Crippen LogP contribution in [0, 0.1) is 11.8 Å². The van der Waals surface area contributed by atoms with Crippen molar-refractivity contribution in [2.45, 2.75) is 76.3 Å². The van der Waals surface area contributed by atoms with Crippen LogP contribution in [0.15, 0.2) is 0 Å². The van der Waals surface area contributed by atoms with Gasteiger partial charge in [0.15, 0.2) is 0 Å². The third kappa shape index (κ3) is 3.64. The van der Waals surface area contributed by atoms with E-state index in [1.54, 1.807) is 0 Å². The third-order valence-electron chi connectivity index (χ3n) is 6.59. The third-order valence-corrected chi connectivity index (χ3v) is 6.59. The van der Waals surface area contributed by atoms with Gasteiger partial charge in [0.2, 0.25) is 0 Å². The highest BCUT2D eigenvalue weighted by Crippen LogP contribution is 2.35. The fourth-order valence-electron chi connectivity index (χ4n) is 4.94. The van der Waals surface area contributed by atoms with Gasteiger partial charge in [-0.25, -0.2) is 5.01 Å². The minimum atomic E-state index is 0.292. The van der Waals surface area contributed by atoms with Gasteiger partial charge < -0.3 is 9.47 Å². The second-order valence-corrected chi connectivity index (χ2v) is 8.27. The molecule has 6 nitrogen and oxygen atoms in total. The number of nitrogens with zero attached hydrogens (tertiary/aromatic N) is 1. The fraction of sp³-hybridized carbons (Fsp3) is 1.00. The molecule has 138 valence electrons. The van der Waals surface area contributed by atoms with Crippen molar-refractivity contribution in [3.05, 3.63) is 0 Å². The SMILES string of the molecule is C[C@@H]1CCO[C@@H](C)CCOC2CCC3NNC(C4CNN1C4)C3C2. The molecule has 4 bridgehead atoms. The summed E-state index contributed by atoms with van der Waals surface area (Å²) in [5.74, 6) is 1.36. The molecule has 6 unspecified atom stereocenters. The Balaban J connectivity index is 1.46. The first-order valence-corrected chi connectivity index (χ1v) is 9.95. The van der Waals surface area contributed by atoms with E-state index in [-0.39, 0.29) is 0 Å². The number of rotatable bonds is 0. The lowest BCUT2D eigenvalue weighted by atomic mass is 9.76. The number of hydrazine groups is 2. The molecule has 0 spiro atoms. The van der Waals surface area contributed by atoms with Gasteiger partial charge in [0.25, 0.3) is 0 Å². The van der Waals surface area contributed by atoms with Crippen LogP contribution in [0.4, 0.5) is 0 Å². The Morgan fingerprint density at radius 3 is 2.75 bits per heavy atom. The topological polar surface area (TPSA) is 57.8 Å². The van der Waals surface area contributed by atoms with E-state index in [0.29, 0.717) is 42.2 Å². The van der Waals surface area contributed by atoms with E-state index in [0.717, 1.165) is 39.1 Å². The maximum absolute atomic E-state index is 6.22. The van der Waals surface area contributed by atoms with Gasteiger partial charge in [-0.2, -0.15) is 0 Å². The molecule has 1 saturated carbocycles. The van der Waals surface area contributed by atoms with Gasteiger partial charge in [-0.05, 0) is 51.9 Å². The molecule has 0 aromatic rings. The van der Waals surface area contributed by atoms with Gasteiger partial charge in [0.1, 0.15) is 0 Å². The highest BCUT2D eigenvalue weighted by Gasteiger charge is 2.45. The molecule has 4 fully saturated rings. The van der Waals surface area contributed by atoms with E-state index in [2.05, 4.69) is 35.1 Å². The first-order chi connectivity index (χ1) is 11.7. The molecule has 3 heterocycles. The van der Waals surface area contributed by atoms with Crippen molar-refractivity contribution in [3.63, 3.8) is 0 Å². The van der Waals surface area contributed by atoms with Crippen LogP contribution in [0.5, 0.6) is 0 Å². The molecule has 4 rings (SSSR count). The van der Waals surface area contributed by atoms with E-state index in [9.17, 15) is 0 Å². The van der Waals surface area contributed by atoms with Gasteiger partial charge in [0, 0.05) is 50.3 Å². The Labute approximate surface area is 145 Å². The van der Waals surface area contributed by atoms with Crippen molar-refractivity contribution < 1.29 is 9.47 Å². The summed E-state index contributed by atoms with van der Waals surface area (Å²) < 4.78 is 12.2. The van der Waals surface area contributed by atoms with Crippen molar-refractivity contribution in [2.75, 3.05) is 26.3 Å². The van der Waals surface area contributed by atoms with E-state index < -0.39 is 0 Å². The average molecular weight is 338 g/mol. The maximum atomic E-state index is 6.22. The molecular weight excluding hydrogens is 304 g/mol. The average Bonchev–Trinajstić information content (AvgIpc) is 3.20. The zero-order chi connectivity index (χ0) is 16.5. The van der Waals surface area contributed by atoms with E-state index in [1.807, 2.05) is 0 Å². The normalized spacial score (nSPS) is 50.2. The molecular formula is C18H34N4O2. The smallest absolute Gasteiger partial charge is 0.0579 e. The largest absolute Gasteiger partial charge is 0.378 e. The van der Waals surface area contributed by atoms with Crippen LogP contribution < -0.4 is 16.3 Å². The lowest BCUT2D eigenvalue weighted by molar-refractivity contribution is -0.0207. The van der Waals surface area contributed by atoms with Crippen molar-refractivity contribution in [2.24, 2.45) is 11.8 Å². The molecule has 3 saturated heterocycles. The number of hydrogen-bond donors (Lipinski definition) is 3.